The Kier molecular flexibility index (Phi) is 37.6. The molecule has 0 aromatic rings. The Morgan fingerprint density at radius 3 is 2.06 bits per heavy atom. The van der Waals surface area contributed by atoms with Gasteiger partial charge in [0.25, 0.3) is 0 Å². The molecule has 0 aromatic carbocycles. The standard InChI is InChI=1S/C6H12NO.C5H10O.H2O.V/c7-5-3-1-2-4-6-8;1-5(2)3-4-6;;/h1-5,7H2;4-5H,3H2,1-2H3;1H2;/q-1;;;. The van der Waals surface area contributed by atoms with Crippen LogP contribution in [0.5, 0.6) is 0 Å². The molecular weight excluding hydrogens is 245 g/mol. The van der Waals surface area contributed by atoms with Crippen molar-refractivity contribution in [3.8, 4) is 0 Å². The van der Waals surface area contributed by atoms with Crippen LogP contribution in [0.2, 0.25) is 0 Å². The molecule has 0 spiro atoms. The van der Waals surface area contributed by atoms with E-state index in [1.165, 1.54) is 0 Å². The van der Waals surface area contributed by atoms with Crippen molar-refractivity contribution in [2.24, 2.45) is 11.7 Å². The predicted molar refractivity (Wildman–Crippen MR) is 62.3 cm³/mol. The molecule has 97 valence electrons. The minimum absolute atomic E-state index is 0. The topological polar surface area (TPSA) is 91.7 Å². The smallest absolute Gasteiger partial charge is 0.120 e. The summed E-state index contributed by atoms with van der Waals surface area (Å²) in [4.78, 5) is 19.2. The molecular formula is C11H24NO3V-. The summed E-state index contributed by atoms with van der Waals surface area (Å²) in [5.74, 6) is 0.530. The molecule has 1 radical (unpaired) electrons. The van der Waals surface area contributed by atoms with E-state index in [2.05, 4.69) is 0 Å². The van der Waals surface area contributed by atoms with Crippen molar-refractivity contribution in [3.05, 3.63) is 0 Å². The molecule has 0 saturated heterocycles. The van der Waals surface area contributed by atoms with Gasteiger partial charge in [-0.15, -0.1) is 0 Å². The summed E-state index contributed by atoms with van der Waals surface area (Å²) in [7, 11) is 0. The van der Waals surface area contributed by atoms with E-state index in [-0.39, 0.29) is 24.0 Å². The molecule has 0 saturated carbocycles. The molecule has 4 N–H and O–H groups in total. The van der Waals surface area contributed by atoms with Crippen LogP contribution in [0.3, 0.4) is 0 Å². The second-order valence-corrected chi connectivity index (χ2v) is 3.54. The monoisotopic (exact) mass is 269 g/mol. The fraction of sp³-hybridized carbons (Fsp3) is 0.818. The van der Waals surface area contributed by atoms with Crippen LogP contribution < -0.4 is 5.73 Å². The van der Waals surface area contributed by atoms with Crippen LogP contribution in [-0.4, -0.2) is 24.6 Å². The van der Waals surface area contributed by atoms with Gasteiger partial charge < -0.3 is 20.8 Å². The molecule has 0 aliphatic heterocycles. The Balaban J connectivity index is -0.0000000825. The fourth-order valence-electron chi connectivity index (χ4n) is 0.711. The zero-order valence-electron chi connectivity index (χ0n) is 10.2. The maximum Gasteiger partial charge on any atom is 0.120 e. The molecule has 0 amide bonds. The van der Waals surface area contributed by atoms with E-state index in [1.807, 2.05) is 20.1 Å². The molecule has 5 heteroatoms. The van der Waals surface area contributed by atoms with Gasteiger partial charge >= 0.3 is 0 Å². The Morgan fingerprint density at radius 2 is 1.81 bits per heavy atom. The van der Waals surface area contributed by atoms with Gasteiger partial charge in [0.1, 0.15) is 6.29 Å². The van der Waals surface area contributed by atoms with Gasteiger partial charge in [0, 0.05) is 25.0 Å². The molecule has 0 rings (SSSR count). The van der Waals surface area contributed by atoms with E-state index in [0.717, 1.165) is 32.1 Å². The maximum absolute atomic E-state index is 9.62. The molecule has 0 aromatic heterocycles. The molecule has 0 atom stereocenters. The van der Waals surface area contributed by atoms with Crippen LogP contribution in [-0.2, 0) is 28.1 Å². The van der Waals surface area contributed by atoms with E-state index < -0.39 is 0 Å². The second-order valence-electron chi connectivity index (χ2n) is 3.54. The van der Waals surface area contributed by atoms with Crippen molar-refractivity contribution < 1.29 is 33.6 Å². The summed E-state index contributed by atoms with van der Waals surface area (Å²) < 4.78 is 0. The summed E-state index contributed by atoms with van der Waals surface area (Å²) in [5, 5.41) is 0. The number of carbonyl (C=O) groups is 1. The van der Waals surface area contributed by atoms with Gasteiger partial charge in [0.05, 0.1) is 0 Å². The molecule has 0 unspecified atom stereocenters. The van der Waals surface area contributed by atoms with Gasteiger partial charge in [-0.25, -0.2) is 0 Å². The van der Waals surface area contributed by atoms with Crippen LogP contribution in [0.25, 0.3) is 0 Å². The molecule has 0 heterocycles. The molecule has 16 heavy (non-hydrogen) atoms. The minimum Gasteiger partial charge on any atom is -0.542 e. The summed E-state index contributed by atoms with van der Waals surface area (Å²) in [5.41, 5.74) is 5.21. The zero-order valence-corrected chi connectivity index (χ0v) is 11.6. The molecule has 0 aliphatic carbocycles. The molecule has 0 bridgehead atoms. The normalized spacial score (nSPS) is 8.00. The number of nitrogens with two attached hydrogens (primary N) is 1. The largest absolute Gasteiger partial charge is 0.542 e. The quantitative estimate of drug-likeness (QED) is 0.425. The average Bonchev–Trinajstić information content (AvgIpc) is 2.13. The van der Waals surface area contributed by atoms with Crippen molar-refractivity contribution in [2.75, 3.05) is 6.54 Å². The van der Waals surface area contributed by atoms with Crippen molar-refractivity contribution in [1.82, 2.24) is 0 Å². The number of unbranched alkanes of at least 4 members (excludes halogenated alkanes) is 3. The third-order valence-corrected chi connectivity index (χ3v) is 1.55. The maximum atomic E-state index is 9.62. The van der Waals surface area contributed by atoms with E-state index >= 15 is 0 Å². The van der Waals surface area contributed by atoms with Crippen LogP contribution in [0, 0.1) is 5.92 Å². The van der Waals surface area contributed by atoms with Crippen LogP contribution in [0.4, 0.5) is 0 Å². The number of rotatable bonds is 7. The summed E-state index contributed by atoms with van der Waals surface area (Å²) >= 11 is 0. The average molecular weight is 269 g/mol. The molecule has 0 fully saturated rings. The predicted octanol–water partition coefficient (Wildman–Crippen LogP) is 1.02. The van der Waals surface area contributed by atoms with Gasteiger partial charge in [-0.3, -0.25) is 6.29 Å². The van der Waals surface area contributed by atoms with Gasteiger partial charge in [0.15, 0.2) is 0 Å². The van der Waals surface area contributed by atoms with Crippen LogP contribution in [0.1, 0.15) is 46.0 Å². The molecule has 0 aliphatic rings. The van der Waals surface area contributed by atoms with E-state index in [0.29, 0.717) is 18.8 Å². The first-order valence-corrected chi connectivity index (χ1v) is 5.17. The van der Waals surface area contributed by atoms with Gasteiger partial charge in [-0.2, -0.15) is 6.42 Å². The van der Waals surface area contributed by atoms with Crippen molar-refractivity contribution in [2.45, 2.75) is 46.0 Å². The number of carbonyl (C=O) groups excluding carboxylic acids is 2. The summed E-state index contributed by atoms with van der Waals surface area (Å²) in [6.45, 7) is 4.78. The summed E-state index contributed by atoms with van der Waals surface area (Å²) in [6, 6.07) is 0. The third kappa shape index (κ3) is 37.1. The van der Waals surface area contributed by atoms with Crippen LogP contribution >= 0.6 is 0 Å². The zero-order chi connectivity index (χ0) is 11.2. The number of hydrogen-bond acceptors (Lipinski definition) is 3. The van der Waals surface area contributed by atoms with Crippen molar-refractivity contribution >= 4 is 12.6 Å². The first kappa shape index (κ1) is 24.9. The second kappa shape index (κ2) is 24.2. The Labute approximate surface area is 111 Å². The van der Waals surface area contributed by atoms with Crippen molar-refractivity contribution in [1.29, 1.82) is 0 Å². The van der Waals surface area contributed by atoms with E-state index in [9.17, 15) is 9.59 Å². The van der Waals surface area contributed by atoms with Crippen molar-refractivity contribution in [3.63, 3.8) is 0 Å². The first-order chi connectivity index (χ1) is 6.68. The van der Waals surface area contributed by atoms with Crippen LogP contribution in [0.15, 0.2) is 0 Å². The van der Waals surface area contributed by atoms with E-state index in [4.69, 9.17) is 5.73 Å². The SMILES string of the molecule is CC(C)CC=O.NCCCCC[C-]=O.O.[V]. The Bertz CT molecular complexity index is 132. The summed E-state index contributed by atoms with van der Waals surface area (Å²) in [6.07, 6.45) is 7.08. The van der Waals surface area contributed by atoms with E-state index in [1.54, 1.807) is 0 Å². The van der Waals surface area contributed by atoms with Gasteiger partial charge in [-0.1, -0.05) is 26.7 Å². The number of aldehydes is 1. The third-order valence-electron chi connectivity index (χ3n) is 1.55. The Hall–Kier alpha value is -0.156. The number of hydrogen-bond donors (Lipinski definition) is 1. The van der Waals surface area contributed by atoms with Gasteiger partial charge in [0.2, 0.25) is 0 Å². The Morgan fingerprint density at radius 1 is 1.25 bits per heavy atom. The molecule has 4 nitrogen and oxygen atoms in total. The first-order valence-electron chi connectivity index (χ1n) is 5.17. The fourth-order valence-corrected chi connectivity index (χ4v) is 0.711. The van der Waals surface area contributed by atoms with Gasteiger partial charge in [-0.05, 0) is 18.9 Å². The minimum atomic E-state index is 0.